The van der Waals surface area contributed by atoms with Crippen molar-refractivity contribution in [3.8, 4) is 28.6 Å². The smallest absolute Gasteiger partial charge is 0.240 e. The van der Waals surface area contributed by atoms with Crippen molar-refractivity contribution in [2.24, 2.45) is 0 Å². The summed E-state index contributed by atoms with van der Waals surface area (Å²) in [6.07, 6.45) is 6.66. The maximum atomic E-state index is 5.78. The van der Waals surface area contributed by atoms with Crippen LogP contribution >= 0.6 is 0 Å². The molecule has 6 heteroatoms. The lowest BCUT2D eigenvalue weighted by atomic mass is 10.1. The van der Waals surface area contributed by atoms with Gasteiger partial charge in [-0.15, -0.1) is 0 Å². The van der Waals surface area contributed by atoms with Crippen molar-refractivity contribution >= 4 is 11.1 Å². The number of pyridine rings is 1. The Morgan fingerprint density at radius 2 is 1.91 bits per heavy atom. The molecule has 1 aromatic carbocycles. The highest BCUT2D eigenvalue weighted by molar-refractivity contribution is 5.82. The number of benzene rings is 1. The van der Waals surface area contributed by atoms with Crippen LogP contribution in [0.1, 0.15) is 0 Å². The fourth-order valence-electron chi connectivity index (χ4n) is 2.36. The Labute approximate surface area is 131 Å². The molecule has 0 fully saturated rings. The fourth-order valence-corrected chi connectivity index (χ4v) is 2.36. The summed E-state index contributed by atoms with van der Waals surface area (Å²) in [4.78, 5) is 17.1. The number of ether oxygens (including phenoxy) is 1. The van der Waals surface area contributed by atoms with Gasteiger partial charge in [-0.3, -0.25) is 4.98 Å². The van der Waals surface area contributed by atoms with Gasteiger partial charge >= 0.3 is 0 Å². The number of methoxy groups -OCH3 is 1. The summed E-state index contributed by atoms with van der Waals surface area (Å²) in [6.45, 7) is 0. The number of nitrogens with zero attached hydrogens (tertiary/aromatic N) is 4. The Morgan fingerprint density at radius 3 is 2.74 bits per heavy atom. The molecule has 0 unspecified atom stereocenters. The molecule has 0 saturated heterocycles. The van der Waals surface area contributed by atoms with E-state index in [0.717, 1.165) is 16.6 Å². The van der Waals surface area contributed by atoms with Gasteiger partial charge in [-0.1, -0.05) is 0 Å². The molecule has 112 valence electrons. The van der Waals surface area contributed by atoms with Crippen LogP contribution in [0.4, 0.5) is 0 Å². The highest BCUT2D eigenvalue weighted by Gasteiger charge is 2.12. The van der Waals surface area contributed by atoms with Gasteiger partial charge in [0.15, 0.2) is 5.58 Å². The highest BCUT2D eigenvalue weighted by atomic mass is 16.5. The molecule has 23 heavy (non-hydrogen) atoms. The minimum Gasteiger partial charge on any atom is -0.479 e. The minimum absolute atomic E-state index is 0.475. The third-order valence-electron chi connectivity index (χ3n) is 3.43. The van der Waals surface area contributed by atoms with Gasteiger partial charge in [0.05, 0.1) is 12.7 Å². The molecule has 0 atom stereocenters. The van der Waals surface area contributed by atoms with Gasteiger partial charge in [0.2, 0.25) is 11.8 Å². The zero-order chi connectivity index (χ0) is 15.6. The molecule has 0 bridgehead atoms. The predicted molar refractivity (Wildman–Crippen MR) is 84.8 cm³/mol. The topological polar surface area (TPSA) is 73.9 Å². The van der Waals surface area contributed by atoms with Gasteiger partial charge < -0.3 is 9.15 Å². The molecule has 0 spiro atoms. The van der Waals surface area contributed by atoms with Crippen molar-refractivity contribution in [1.82, 2.24) is 19.9 Å². The monoisotopic (exact) mass is 304 g/mol. The summed E-state index contributed by atoms with van der Waals surface area (Å²) in [5.74, 6) is 1.01. The first-order valence-electron chi connectivity index (χ1n) is 7.01. The van der Waals surface area contributed by atoms with Gasteiger partial charge in [0.1, 0.15) is 11.2 Å². The first-order chi connectivity index (χ1) is 11.3. The van der Waals surface area contributed by atoms with Crippen molar-refractivity contribution in [3.05, 3.63) is 55.1 Å². The fraction of sp³-hybridized carbons (Fsp3) is 0.0588. The number of hydrogen-bond acceptors (Lipinski definition) is 6. The second-order valence-corrected chi connectivity index (χ2v) is 4.86. The Hall–Kier alpha value is -3.28. The first-order valence-corrected chi connectivity index (χ1v) is 7.01. The van der Waals surface area contributed by atoms with Crippen molar-refractivity contribution in [2.75, 3.05) is 7.11 Å². The zero-order valence-electron chi connectivity index (χ0n) is 12.3. The number of hydrogen-bond donors (Lipinski definition) is 0. The Bertz CT molecular complexity index is 967. The van der Waals surface area contributed by atoms with E-state index in [1.807, 2.05) is 30.3 Å². The van der Waals surface area contributed by atoms with E-state index in [1.54, 1.807) is 31.9 Å². The van der Waals surface area contributed by atoms with E-state index in [1.165, 1.54) is 0 Å². The zero-order valence-corrected chi connectivity index (χ0v) is 12.3. The Kier molecular flexibility index (Phi) is 3.20. The molecule has 0 radical (unpaired) electrons. The average Bonchev–Trinajstić information content (AvgIpc) is 3.05. The van der Waals surface area contributed by atoms with E-state index in [2.05, 4.69) is 19.9 Å². The summed E-state index contributed by atoms with van der Waals surface area (Å²) >= 11 is 0. The molecule has 3 heterocycles. The van der Waals surface area contributed by atoms with Crippen LogP contribution in [0.15, 0.2) is 59.5 Å². The summed E-state index contributed by atoms with van der Waals surface area (Å²) in [5.41, 5.74) is 3.82. The third kappa shape index (κ3) is 2.40. The van der Waals surface area contributed by atoms with Crippen LogP contribution in [0.3, 0.4) is 0 Å². The first kappa shape index (κ1) is 13.4. The van der Waals surface area contributed by atoms with Gasteiger partial charge in [-0.25, -0.2) is 15.0 Å². The lowest BCUT2D eigenvalue weighted by Crippen LogP contribution is -1.93. The lowest BCUT2D eigenvalue weighted by molar-refractivity contribution is 0.398. The normalized spacial score (nSPS) is 10.8. The van der Waals surface area contributed by atoms with E-state index in [4.69, 9.17) is 9.15 Å². The van der Waals surface area contributed by atoms with Crippen molar-refractivity contribution in [3.63, 3.8) is 0 Å². The number of aromatic nitrogens is 4. The van der Waals surface area contributed by atoms with Crippen LogP contribution in [-0.2, 0) is 0 Å². The summed E-state index contributed by atoms with van der Waals surface area (Å²) in [7, 11) is 1.57. The number of fused-ring (bicyclic) bond motifs is 1. The van der Waals surface area contributed by atoms with Crippen LogP contribution < -0.4 is 4.74 Å². The average molecular weight is 304 g/mol. The van der Waals surface area contributed by atoms with Crippen LogP contribution in [0.2, 0.25) is 0 Å². The molecule has 6 nitrogen and oxygen atoms in total. The number of rotatable bonds is 3. The highest BCUT2D eigenvalue weighted by Crippen LogP contribution is 2.30. The predicted octanol–water partition coefficient (Wildman–Crippen LogP) is 3.36. The van der Waals surface area contributed by atoms with E-state index in [0.29, 0.717) is 23.0 Å². The SMILES string of the molecule is COc1nccnc1-c1ccc2oc(-c3cccnc3)nc2c1. The lowest BCUT2D eigenvalue weighted by Gasteiger charge is -2.05. The molecule has 4 rings (SSSR count). The second kappa shape index (κ2) is 5.49. The summed E-state index contributed by atoms with van der Waals surface area (Å²) in [5, 5.41) is 0. The van der Waals surface area contributed by atoms with E-state index in [9.17, 15) is 0 Å². The number of oxazole rings is 1. The van der Waals surface area contributed by atoms with Gasteiger partial charge in [0, 0.05) is 30.4 Å². The quantitative estimate of drug-likeness (QED) is 0.578. The molecule has 4 aromatic rings. The maximum Gasteiger partial charge on any atom is 0.240 e. The molecule has 0 saturated carbocycles. The van der Waals surface area contributed by atoms with E-state index in [-0.39, 0.29) is 0 Å². The Balaban J connectivity index is 1.82. The second-order valence-electron chi connectivity index (χ2n) is 4.86. The van der Waals surface area contributed by atoms with Gasteiger partial charge in [-0.05, 0) is 30.3 Å². The summed E-state index contributed by atoms with van der Waals surface area (Å²) in [6, 6.07) is 9.44. The van der Waals surface area contributed by atoms with Gasteiger partial charge in [0.25, 0.3) is 0 Å². The molecular weight excluding hydrogens is 292 g/mol. The molecule has 0 aliphatic carbocycles. The minimum atomic E-state index is 0.475. The van der Waals surface area contributed by atoms with Crippen LogP contribution in [0.5, 0.6) is 5.88 Å². The third-order valence-corrected chi connectivity index (χ3v) is 3.43. The van der Waals surface area contributed by atoms with Crippen molar-refractivity contribution in [1.29, 1.82) is 0 Å². The molecule has 0 aliphatic heterocycles. The van der Waals surface area contributed by atoms with Crippen LogP contribution in [0.25, 0.3) is 33.8 Å². The van der Waals surface area contributed by atoms with Crippen LogP contribution in [-0.4, -0.2) is 27.0 Å². The molecule has 0 aliphatic rings. The molecule has 0 N–H and O–H groups in total. The Morgan fingerprint density at radius 1 is 1.00 bits per heavy atom. The van der Waals surface area contributed by atoms with E-state index < -0.39 is 0 Å². The largest absolute Gasteiger partial charge is 0.479 e. The van der Waals surface area contributed by atoms with Crippen molar-refractivity contribution in [2.45, 2.75) is 0 Å². The van der Waals surface area contributed by atoms with E-state index >= 15 is 0 Å². The van der Waals surface area contributed by atoms with Crippen LogP contribution in [0, 0.1) is 0 Å². The van der Waals surface area contributed by atoms with Crippen molar-refractivity contribution < 1.29 is 9.15 Å². The summed E-state index contributed by atoms with van der Waals surface area (Å²) < 4.78 is 11.0. The maximum absolute atomic E-state index is 5.78. The molecule has 3 aromatic heterocycles. The molecule has 0 amide bonds. The van der Waals surface area contributed by atoms with Gasteiger partial charge in [-0.2, -0.15) is 0 Å². The molecular formula is C17H12N4O2. The standard InChI is InChI=1S/C17H12N4O2/c1-22-17-15(19-7-8-20-17)11-4-5-14-13(9-11)21-16(23-14)12-3-2-6-18-10-12/h2-10H,1H3.